The first-order valence-corrected chi connectivity index (χ1v) is 11.5. The van der Waals surface area contributed by atoms with Crippen LogP contribution in [0.3, 0.4) is 0 Å². The number of halogens is 4. The molecule has 1 N–H and O–H groups in total. The third-order valence-electron chi connectivity index (χ3n) is 6.69. The second-order valence-electron chi connectivity index (χ2n) is 8.99. The standard InChI is InChI=1S/C25H28F4N2O4/c1-34-21-6-7-22(26)23(14-21)30-10-8-20(9-11-30)35-19-4-2-17(3-5-19)31-15-16(25(27,28)29)12-18(31)13-24(32)33/h2-7,14,16,18,20H,8-13,15H2,1H3,(H,32,33)/t16-,18-/m1/s1. The minimum absolute atomic E-state index is 0.0769. The summed E-state index contributed by atoms with van der Waals surface area (Å²) in [6.07, 6.45) is -3.67. The quantitative estimate of drug-likeness (QED) is 0.538. The fraction of sp³-hybridized carbons (Fsp3) is 0.480. The molecule has 2 fully saturated rings. The Hall–Kier alpha value is -3.17. The molecular weight excluding hydrogens is 468 g/mol. The SMILES string of the molecule is COc1ccc(F)c(N2CCC(Oc3ccc(N4C[C@H](C(F)(F)F)C[C@@H]4CC(=O)O)cc3)CC2)c1. The molecule has 35 heavy (non-hydrogen) atoms. The monoisotopic (exact) mass is 496 g/mol. The smallest absolute Gasteiger partial charge is 0.393 e. The Morgan fingerprint density at radius 1 is 1.09 bits per heavy atom. The third kappa shape index (κ3) is 5.91. The number of piperidine rings is 1. The van der Waals surface area contributed by atoms with Crippen LogP contribution in [0.4, 0.5) is 28.9 Å². The number of carbonyl (C=O) groups is 1. The van der Waals surface area contributed by atoms with E-state index in [0.29, 0.717) is 48.8 Å². The highest BCUT2D eigenvalue weighted by Crippen LogP contribution is 2.40. The molecule has 6 nitrogen and oxygen atoms in total. The summed E-state index contributed by atoms with van der Waals surface area (Å²) in [6, 6.07) is 10.7. The van der Waals surface area contributed by atoms with Crippen molar-refractivity contribution < 1.29 is 36.9 Å². The van der Waals surface area contributed by atoms with Crippen LogP contribution in [-0.4, -0.2) is 56.1 Å². The van der Waals surface area contributed by atoms with Crippen molar-refractivity contribution in [3.05, 3.63) is 48.3 Å². The summed E-state index contributed by atoms with van der Waals surface area (Å²) < 4.78 is 65.3. The number of ether oxygens (including phenoxy) is 2. The van der Waals surface area contributed by atoms with Gasteiger partial charge in [0, 0.05) is 50.3 Å². The van der Waals surface area contributed by atoms with Crippen LogP contribution < -0.4 is 19.3 Å². The van der Waals surface area contributed by atoms with Crippen LogP contribution in [0, 0.1) is 11.7 Å². The molecule has 2 aromatic carbocycles. The maximum Gasteiger partial charge on any atom is 0.393 e. The second-order valence-corrected chi connectivity index (χ2v) is 8.99. The van der Waals surface area contributed by atoms with Gasteiger partial charge in [-0.2, -0.15) is 13.2 Å². The van der Waals surface area contributed by atoms with Gasteiger partial charge in [0.25, 0.3) is 0 Å². The number of alkyl halides is 3. The average molecular weight is 497 g/mol. The molecule has 10 heteroatoms. The van der Waals surface area contributed by atoms with E-state index in [1.165, 1.54) is 18.1 Å². The van der Waals surface area contributed by atoms with Gasteiger partial charge in [-0.3, -0.25) is 4.79 Å². The van der Waals surface area contributed by atoms with Gasteiger partial charge in [0.05, 0.1) is 25.1 Å². The van der Waals surface area contributed by atoms with Crippen LogP contribution >= 0.6 is 0 Å². The Labute approximate surface area is 201 Å². The van der Waals surface area contributed by atoms with E-state index in [4.69, 9.17) is 14.6 Å². The molecule has 2 aliphatic heterocycles. The lowest BCUT2D eigenvalue weighted by Crippen LogP contribution is -2.38. The van der Waals surface area contributed by atoms with Crippen LogP contribution in [0.25, 0.3) is 0 Å². The number of carboxylic acids is 1. The molecule has 2 aliphatic rings. The molecule has 2 atom stereocenters. The van der Waals surface area contributed by atoms with E-state index in [9.17, 15) is 22.4 Å². The molecule has 4 rings (SSSR count). The van der Waals surface area contributed by atoms with E-state index in [1.807, 2.05) is 4.90 Å². The summed E-state index contributed by atoms with van der Waals surface area (Å²) >= 11 is 0. The van der Waals surface area contributed by atoms with E-state index in [1.54, 1.807) is 36.4 Å². The van der Waals surface area contributed by atoms with Crippen molar-refractivity contribution in [2.24, 2.45) is 5.92 Å². The van der Waals surface area contributed by atoms with Crippen molar-refractivity contribution in [1.82, 2.24) is 0 Å². The molecule has 2 saturated heterocycles. The molecule has 2 heterocycles. The second kappa shape index (κ2) is 10.2. The van der Waals surface area contributed by atoms with E-state index in [0.717, 1.165) is 0 Å². The molecule has 190 valence electrons. The van der Waals surface area contributed by atoms with E-state index >= 15 is 0 Å². The highest BCUT2D eigenvalue weighted by Gasteiger charge is 2.47. The van der Waals surface area contributed by atoms with E-state index in [2.05, 4.69) is 0 Å². The lowest BCUT2D eigenvalue weighted by atomic mass is 10.0. The number of nitrogens with zero attached hydrogens (tertiary/aromatic N) is 2. The fourth-order valence-electron chi connectivity index (χ4n) is 4.85. The van der Waals surface area contributed by atoms with Gasteiger partial charge in [-0.15, -0.1) is 0 Å². The Morgan fingerprint density at radius 3 is 2.34 bits per heavy atom. The largest absolute Gasteiger partial charge is 0.497 e. The highest BCUT2D eigenvalue weighted by atomic mass is 19.4. The van der Waals surface area contributed by atoms with Crippen LogP contribution in [0.2, 0.25) is 0 Å². The summed E-state index contributed by atoms with van der Waals surface area (Å²) in [5.41, 5.74) is 1.03. The molecule has 0 spiro atoms. The van der Waals surface area contributed by atoms with Crippen molar-refractivity contribution in [1.29, 1.82) is 0 Å². The average Bonchev–Trinajstić information content (AvgIpc) is 3.24. The highest BCUT2D eigenvalue weighted by molar-refractivity contribution is 5.69. The number of hydrogen-bond acceptors (Lipinski definition) is 5. The van der Waals surface area contributed by atoms with Gasteiger partial charge in [0.2, 0.25) is 0 Å². The Balaban J connectivity index is 1.36. The topological polar surface area (TPSA) is 62.2 Å². The van der Waals surface area contributed by atoms with Crippen LogP contribution in [0.15, 0.2) is 42.5 Å². The third-order valence-corrected chi connectivity index (χ3v) is 6.69. The van der Waals surface area contributed by atoms with Crippen LogP contribution in [0.5, 0.6) is 11.5 Å². The lowest BCUT2D eigenvalue weighted by Gasteiger charge is -2.34. The van der Waals surface area contributed by atoms with Crippen LogP contribution in [0.1, 0.15) is 25.7 Å². The zero-order valence-corrected chi connectivity index (χ0v) is 19.3. The number of hydrogen-bond donors (Lipinski definition) is 1. The van der Waals surface area contributed by atoms with Gasteiger partial charge in [0.15, 0.2) is 0 Å². The lowest BCUT2D eigenvalue weighted by molar-refractivity contribution is -0.169. The molecule has 0 radical (unpaired) electrons. The first kappa shape index (κ1) is 24.9. The Bertz CT molecular complexity index is 1020. The molecule has 0 unspecified atom stereocenters. The van der Waals surface area contributed by atoms with E-state index in [-0.39, 0.29) is 31.3 Å². The van der Waals surface area contributed by atoms with Crippen molar-refractivity contribution in [2.45, 2.75) is 44.0 Å². The van der Waals surface area contributed by atoms with Crippen molar-refractivity contribution >= 4 is 17.3 Å². The fourth-order valence-corrected chi connectivity index (χ4v) is 4.85. The van der Waals surface area contributed by atoms with Gasteiger partial charge in [-0.25, -0.2) is 4.39 Å². The summed E-state index contributed by atoms with van der Waals surface area (Å²) in [5, 5.41) is 9.13. The minimum Gasteiger partial charge on any atom is -0.497 e. The molecule has 0 bridgehead atoms. The minimum atomic E-state index is -4.36. The Kier molecular flexibility index (Phi) is 7.28. The van der Waals surface area contributed by atoms with Crippen molar-refractivity contribution in [3.63, 3.8) is 0 Å². The maximum absolute atomic E-state index is 14.3. The van der Waals surface area contributed by atoms with Gasteiger partial charge in [-0.05, 0) is 42.8 Å². The van der Waals surface area contributed by atoms with Crippen molar-refractivity contribution in [2.75, 3.05) is 36.5 Å². The summed E-state index contributed by atoms with van der Waals surface area (Å²) in [6.45, 7) is 0.952. The number of carboxylic acid groups (broad SMARTS) is 1. The molecule has 0 aromatic heterocycles. The van der Waals surface area contributed by atoms with Gasteiger partial charge in [-0.1, -0.05) is 0 Å². The zero-order chi connectivity index (χ0) is 25.2. The summed E-state index contributed by atoms with van der Waals surface area (Å²) in [7, 11) is 1.53. The number of rotatable bonds is 7. The number of benzene rings is 2. The summed E-state index contributed by atoms with van der Waals surface area (Å²) in [5.74, 6) is -1.81. The molecule has 0 aliphatic carbocycles. The number of aliphatic carboxylic acids is 1. The van der Waals surface area contributed by atoms with Gasteiger partial charge >= 0.3 is 12.1 Å². The molecule has 0 saturated carbocycles. The first-order chi connectivity index (χ1) is 16.6. The van der Waals surface area contributed by atoms with Crippen molar-refractivity contribution in [3.8, 4) is 11.5 Å². The number of methoxy groups -OCH3 is 1. The molecule has 2 aromatic rings. The Morgan fingerprint density at radius 2 is 1.74 bits per heavy atom. The number of anilines is 2. The predicted molar refractivity (Wildman–Crippen MR) is 123 cm³/mol. The normalized spacial score (nSPS) is 21.3. The van der Waals surface area contributed by atoms with Gasteiger partial charge < -0.3 is 24.4 Å². The maximum atomic E-state index is 14.3. The molecule has 0 amide bonds. The molecular formula is C25H28F4N2O4. The van der Waals surface area contributed by atoms with Gasteiger partial charge in [0.1, 0.15) is 23.4 Å². The summed E-state index contributed by atoms with van der Waals surface area (Å²) in [4.78, 5) is 14.6. The first-order valence-electron chi connectivity index (χ1n) is 11.5. The van der Waals surface area contributed by atoms with E-state index < -0.39 is 24.1 Å². The van der Waals surface area contributed by atoms with Crippen LogP contribution in [-0.2, 0) is 4.79 Å². The zero-order valence-electron chi connectivity index (χ0n) is 19.3. The predicted octanol–water partition coefficient (Wildman–Crippen LogP) is 5.11.